The van der Waals surface area contributed by atoms with Crippen molar-refractivity contribution in [2.75, 3.05) is 7.11 Å². The number of carboxylic acids is 1. The van der Waals surface area contributed by atoms with Gasteiger partial charge in [-0.2, -0.15) is 0 Å². The van der Waals surface area contributed by atoms with E-state index in [-0.39, 0.29) is 22.6 Å². The lowest BCUT2D eigenvalue weighted by molar-refractivity contribution is 0.0673. The fourth-order valence-electron chi connectivity index (χ4n) is 1.82. The summed E-state index contributed by atoms with van der Waals surface area (Å²) in [5.74, 6) is -1.78. The molecule has 2 rings (SSSR count). The van der Waals surface area contributed by atoms with Gasteiger partial charge in [-0.3, -0.25) is 0 Å². The van der Waals surface area contributed by atoms with E-state index >= 15 is 0 Å². The van der Waals surface area contributed by atoms with Crippen LogP contribution in [0.15, 0.2) is 27.5 Å². The molecule has 0 radical (unpaired) electrons. The molecule has 0 aliphatic heterocycles. The zero-order valence-corrected chi connectivity index (χ0v) is 10.1. The number of aryl methyl sites for hydroxylation is 1. The lowest BCUT2D eigenvalue weighted by atomic mass is 10.0. The maximum Gasteiger partial charge on any atom is 0.366 e. The van der Waals surface area contributed by atoms with Gasteiger partial charge in [0.15, 0.2) is 5.69 Å². The molecule has 0 saturated heterocycles. The molecule has 19 heavy (non-hydrogen) atoms. The van der Waals surface area contributed by atoms with Gasteiger partial charge in [0.1, 0.15) is 17.1 Å². The summed E-state index contributed by atoms with van der Waals surface area (Å²) in [6.45, 7) is 0. The topological polar surface area (TPSA) is 81.7 Å². The average Bonchev–Trinajstić information content (AvgIpc) is 2.64. The van der Waals surface area contributed by atoms with E-state index in [2.05, 4.69) is 0 Å². The van der Waals surface area contributed by atoms with Crippen molar-refractivity contribution in [1.82, 2.24) is 4.74 Å². The number of ether oxygens (including phenoxy) is 1. The van der Waals surface area contributed by atoms with Crippen LogP contribution in [-0.4, -0.2) is 22.9 Å². The van der Waals surface area contributed by atoms with E-state index in [0.717, 1.165) is 16.9 Å². The second kappa shape index (κ2) is 4.60. The van der Waals surface area contributed by atoms with Crippen molar-refractivity contribution in [3.63, 3.8) is 0 Å². The molecule has 2 aromatic rings. The smallest absolute Gasteiger partial charge is 0.366 e. The van der Waals surface area contributed by atoms with Crippen LogP contribution in [0.2, 0.25) is 0 Å². The van der Waals surface area contributed by atoms with Gasteiger partial charge >= 0.3 is 11.6 Å². The largest absolute Gasteiger partial charge is 0.496 e. The van der Waals surface area contributed by atoms with Gasteiger partial charge in [0, 0.05) is 12.6 Å². The minimum atomic E-state index is -1.35. The van der Waals surface area contributed by atoms with Gasteiger partial charge in [-0.05, 0) is 18.2 Å². The number of aromatic carboxylic acids is 1. The van der Waals surface area contributed by atoms with E-state index in [4.69, 9.17) is 14.4 Å². The number of nitrogens with zero attached hydrogens (tertiary/aromatic N) is 1. The minimum absolute atomic E-state index is 0.0363. The maximum atomic E-state index is 13.3. The number of halogens is 1. The molecule has 0 saturated carbocycles. The molecule has 1 aromatic heterocycles. The van der Waals surface area contributed by atoms with Gasteiger partial charge < -0.3 is 14.4 Å². The van der Waals surface area contributed by atoms with Crippen LogP contribution in [0.25, 0.3) is 11.1 Å². The number of hydrogen-bond acceptors (Lipinski definition) is 4. The minimum Gasteiger partial charge on any atom is -0.496 e. The number of hydrogen-bond donors (Lipinski definition) is 1. The summed E-state index contributed by atoms with van der Waals surface area (Å²) in [6, 6.07) is 3.48. The van der Waals surface area contributed by atoms with E-state index < -0.39 is 17.4 Å². The van der Waals surface area contributed by atoms with Crippen LogP contribution < -0.4 is 10.4 Å². The molecule has 0 unspecified atom stereocenters. The molecule has 6 nitrogen and oxygen atoms in total. The molecule has 1 heterocycles. The normalized spacial score (nSPS) is 10.5. The number of rotatable bonds is 3. The Morgan fingerprint density at radius 3 is 2.74 bits per heavy atom. The molecular weight excluding hydrogens is 257 g/mol. The monoisotopic (exact) mass is 267 g/mol. The van der Waals surface area contributed by atoms with Gasteiger partial charge in [0.05, 0.1) is 7.11 Å². The Bertz CT molecular complexity index is 701. The molecule has 100 valence electrons. The van der Waals surface area contributed by atoms with Crippen LogP contribution in [0.1, 0.15) is 10.5 Å². The van der Waals surface area contributed by atoms with E-state index in [1.165, 1.54) is 20.2 Å². The lowest BCUT2D eigenvalue weighted by Gasteiger charge is -2.06. The van der Waals surface area contributed by atoms with E-state index in [0.29, 0.717) is 0 Å². The van der Waals surface area contributed by atoms with Gasteiger partial charge in [0.25, 0.3) is 0 Å². The highest BCUT2D eigenvalue weighted by Gasteiger charge is 2.25. The summed E-state index contributed by atoms with van der Waals surface area (Å²) in [7, 11) is 2.61. The quantitative estimate of drug-likeness (QED) is 0.911. The van der Waals surface area contributed by atoms with Gasteiger partial charge in [-0.25, -0.2) is 18.7 Å². The number of carbonyl (C=O) groups is 1. The molecule has 0 spiro atoms. The highest BCUT2D eigenvalue weighted by molar-refractivity contribution is 5.94. The zero-order chi connectivity index (χ0) is 14.2. The summed E-state index contributed by atoms with van der Waals surface area (Å²) in [5.41, 5.74) is -1.45. The van der Waals surface area contributed by atoms with Crippen LogP contribution >= 0.6 is 0 Å². The Kier molecular flexibility index (Phi) is 3.12. The third-order valence-corrected chi connectivity index (χ3v) is 2.61. The van der Waals surface area contributed by atoms with Crippen molar-refractivity contribution >= 4 is 5.97 Å². The predicted molar refractivity (Wildman–Crippen MR) is 62.9 cm³/mol. The Labute approximate surface area is 106 Å². The van der Waals surface area contributed by atoms with Crippen molar-refractivity contribution in [2.24, 2.45) is 7.05 Å². The Morgan fingerprint density at radius 1 is 1.47 bits per heavy atom. The third kappa shape index (κ3) is 2.10. The molecule has 1 N–H and O–H groups in total. The van der Waals surface area contributed by atoms with Crippen LogP contribution in [0.3, 0.4) is 0 Å². The van der Waals surface area contributed by atoms with E-state index in [1.807, 2.05) is 0 Å². The van der Waals surface area contributed by atoms with Gasteiger partial charge in [0.2, 0.25) is 0 Å². The van der Waals surface area contributed by atoms with Gasteiger partial charge in [-0.1, -0.05) is 0 Å². The zero-order valence-electron chi connectivity index (χ0n) is 10.1. The van der Waals surface area contributed by atoms with Crippen molar-refractivity contribution in [2.45, 2.75) is 0 Å². The maximum absolute atomic E-state index is 13.3. The number of aromatic nitrogens is 1. The molecule has 0 aliphatic rings. The van der Waals surface area contributed by atoms with Crippen LogP contribution in [0.5, 0.6) is 5.75 Å². The predicted octanol–water partition coefficient (Wildman–Crippen LogP) is 1.49. The second-order valence-corrected chi connectivity index (χ2v) is 3.75. The number of carboxylic acid groups (broad SMARTS) is 1. The second-order valence-electron chi connectivity index (χ2n) is 3.75. The number of benzene rings is 1. The highest BCUT2D eigenvalue weighted by Crippen LogP contribution is 2.31. The van der Waals surface area contributed by atoms with E-state index in [9.17, 15) is 14.0 Å². The summed E-state index contributed by atoms with van der Waals surface area (Å²) in [6.07, 6.45) is 0. The van der Waals surface area contributed by atoms with Crippen LogP contribution in [0, 0.1) is 5.82 Å². The summed E-state index contributed by atoms with van der Waals surface area (Å²) < 4.78 is 23.8. The molecule has 0 aliphatic carbocycles. The summed E-state index contributed by atoms with van der Waals surface area (Å²) in [4.78, 5) is 22.9. The first-order valence-electron chi connectivity index (χ1n) is 5.23. The fraction of sp³-hybridized carbons (Fsp3) is 0.167. The first-order chi connectivity index (χ1) is 8.95. The third-order valence-electron chi connectivity index (χ3n) is 2.61. The standard InChI is InChI=1S/C12H10FNO5/c1-14-10(11(15)16)9(12(17)19-14)7-5-6(13)3-4-8(7)18-2/h3-5H,1-2H3,(H,15,16). The molecular formula is C12H10FNO5. The van der Waals surface area contributed by atoms with Gasteiger partial charge in [-0.15, -0.1) is 0 Å². The Morgan fingerprint density at radius 2 is 2.16 bits per heavy atom. The van der Waals surface area contributed by atoms with Crippen LogP contribution in [0.4, 0.5) is 4.39 Å². The van der Waals surface area contributed by atoms with Crippen molar-refractivity contribution in [3.05, 3.63) is 40.1 Å². The first kappa shape index (κ1) is 12.9. The SMILES string of the molecule is COc1ccc(F)cc1-c1c(C(=O)O)n(C)oc1=O. The fourth-order valence-corrected chi connectivity index (χ4v) is 1.82. The Balaban J connectivity index is 2.82. The molecule has 0 atom stereocenters. The van der Waals surface area contributed by atoms with Crippen molar-refractivity contribution in [3.8, 4) is 16.9 Å². The molecule has 0 fully saturated rings. The van der Waals surface area contributed by atoms with Crippen molar-refractivity contribution in [1.29, 1.82) is 0 Å². The van der Waals surface area contributed by atoms with Crippen molar-refractivity contribution < 1.29 is 23.6 Å². The summed E-state index contributed by atoms with van der Waals surface area (Å²) >= 11 is 0. The molecule has 1 aromatic carbocycles. The molecule has 0 amide bonds. The molecule has 0 bridgehead atoms. The number of methoxy groups -OCH3 is 1. The van der Waals surface area contributed by atoms with E-state index in [1.54, 1.807) is 0 Å². The van der Waals surface area contributed by atoms with Crippen LogP contribution in [-0.2, 0) is 7.05 Å². The molecule has 7 heteroatoms. The Hall–Kier alpha value is -2.57. The average molecular weight is 267 g/mol. The lowest BCUT2D eigenvalue weighted by Crippen LogP contribution is -2.07. The first-order valence-corrected chi connectivity index (χ1v) is 5.23. The highest BCUT2D eigenvalue weighted by atomic mass is 19.1. The summed E-state index contributed by atoms with van der Waals surface area (Å²) in [5, 5.41) is 9.10.